The molecule has 0 N–H and O–H groups in total. The van der Waals surface area contributed by atoms with Gasteiger partial charge in [-0.05, 0) is 114 Å². The number of fused-ring (bicyclic) bond motifs is 1. The number of hydrogen-bond acceptors (Lipinski definition) is 4. The number of nitrogens with zero attached hydrogens (tertiary/aromatic N) is 2. The van der Waals surface area contributed by atoms with Crippen molar-refractivity contribution >= 4 is 69.7 Å². The van der Waals surface area contributed by atoms with E-state index in [9.17, 15) is 20.2 Å². The van der Waals surface area contributed by atoms with Crippen LogP contribution in [0, 0.1) is 20.2 Å². The molecule has 8 rings (SSSR count). The van der Waals surface area contributed by atoms with Crippen molar-refractivity contribution in [3.05, 3.63) is 270 Å². The molecule has 0 heterocycles. The summed E-state index contributed by atoms with van der Waals surface area (Å²) in [6, 6.07) is 62.9. The number of non-ortho nitro benzene ring substituents is 2. The van der Waals surface area contributed by atoms with Crippen LogP contribution in [-0.4, -0.2) is 9.85 Å². The van der Waals surface area contributed by atoms with Gasteiger partial charge in [0.2, 0.25) is 0 Å². The lowest BCUT2D eigenvalue weighted by molar-refractivity contribution is -0.385. The molecule has 0 unspecified atom stereocenters. The van der Waals surface area contributed by atoms with Gasteiger partial charge in [0.25, 0.3) is 11.4 Å². The molecule has 0 atom stereocenters. The van der Waals surface area contributed by atoms with Crippen molar-refractivity contribution in [1.82, 2.24) is 0 Å². The third kappa shape index (κ3) is 9.15. The molecule has 0 spiro atoms. The first-order valence-corrected chi connectivity index (χ1v) is 19.5. The molecule has 0 aliphatic carbocycles. The molecule has 6 heteroatoms. The summed E-state index contributed by atoms with van der Waals surface area (Å²) in [4.78, 5) is 21.7. The Morgan fingerprint density at radius 2 is 0.650 bits per heavy atom. The second-order valence-corrected chi connectivity index (χ2v) is 14.2. The van der Waals surface area contributed by atoms with E-state index in [2.05, 4.69) is 121 Å². The summed E-state index contributed by atoms with van der Waals surface area (Å²) in [6.07, 6.45) is 12.8. The molecule has 0 saturated carbocycles. The SMILES string of the molecule is O=[N+]([O-])c1ccc(/C(=C/c2ccc(/C=C/c3ccc(/C=C/c4ccc(/C=C(\c5ccccc5)c5ccc([N+](=O)[O-])cc5)cc4)c4ccccc34)cc2)c2ccccc2)cc1. The normalized spacial score (nSPS) is 12.0. The zero-order chi connectivity index (χ0) is 41.3. The van der Waals surface area contributed by atoms with E-state index in [0.29, 0.717) is 0 Å². The van der Waals surface area contributed by atoms with E-state index in [-0.39, 0.29) is 21.2 Å². The summed E-state index contributed by atoms with van der Waals surface area (Å²) in [6.45, 7) is 0. The monoisotopic (exact) mass is 778 g/mol. The van der Waals surface area contributed by atoms with Crippen LogP contribution >= 0.6 is 0 Å². The molecule has 0 saturated heterocycles. The van der Waals surface area contributed by atoms with E-state index < -0.39 is 0 Å². The Balaban J connectivity index is 1.00. The van der Waals surface area contributed by atoms with Gasteiger partial charge in [-0.2, -0.15) is 0 Å². The number of nitro benzene ring substituents is 2. The Bertz CT molecular complexity index is 2710. The molecule has 0 fully saturated rings. The highest BCUT2D eigenvalue weighted by atomic mass is 16.6. The van der Waals surface area contributed by atoms with E-state index in [1.54, 1.807) is 48.5 Å². The summed E-state index contributed by atoms with van der Waals surface area (Å²) in [5, 5.41) is 24.8. The molecule has 6 nitrogen and oxygen atoms in total. The van der Waals surface area contributed by atoms with Gasteiger partial charge >= 0.3 is 0 Å². The molecule has 8 aromatic carbocycles. The first-order valence-electron chi connectivity index (χ1n) is 19.5. The lowest BCUT2D eigenvalue weighted by Gasteiger charge is -2.09. The molecule has 8 aromatic rings. The number of rotatable bonds is 12. The van der Waals surface area contributed by atoms with Crippen molar-refractivity contribution < 1.29 is 9.85 Å². The topological polar surface area (TPSA) is 86.3 Å². The van der Waals surface area contributed by atoms with Crippen LogP contribution < -0.4 is 0 Å². The fourth-order valence-corrected chi connectivity index (χ4v) is 7.18. The Hall–Kier alpha value is -8.22. The molecule has 288 valence electrons. The predicted octanol–water partition coefficient (Wildman–Crippen LogP) is 14.2. The van der Waals surface area contributed by atoms with Gasteiger partial charge in [-0.15, -0.1) is 0 Å². The minimum atomic E-state index is -0.381. The first kappa shape index (κ1) is 38.6. The Morgan fingerprint density at radius 1 is 0.333 bits per heavy atom. The molecular formula is C54H38N2O4. The summed E-state index contributed by atoms with van der Waals surface area (Å²) in [7, 11) is 0. The van der Waals surface area contributed by atoms with Crippen molar-refractivity contribution in [3.63, 3.8) is 0 Å². The number of nitro groups is 2. The average Bonchev–Trinajstić information content (AvgIpc) is 3.30. The van der Waals surface area contributed by atoms with E-state index in [1.807, 2.05) is 60.7 Å². The highest BCUT2D eigenvalue weighted by Crippen LogP contribution is 2.31. The minimum Gasteiger partial charge on any atom is -0.258 e. The third-order valence-corrected chi connectivity index (χ3v) is 10.3. The van der Waals surface area contributed by atoms with E-state index in [4.69, 9.17) is 0 Å². The fraction of sp³-hybridized carbons (Fsp3) is 0. The van der Waals surface area contributed by atoms with Gasteiger partial charge in [0.05, 0.1) is 9.85 Å². The number of hydrogen-bond donors (Lipinski definition) is 0. The van der Waals surface area contributed by atoms with Crippen molar-refractivity contribution in [3.8, 4) is 0 Å². The second kappa shape index (κ2) is 17.9. The zero-order valence-electron chi connectivity index (χ0n) is 32.5. The Labute approximate surface area is 348 Å². The van der Waals surface area contributed by atoms with Gasteiger partial charge < -0.3 is 0 Å². The van der Waals surface area contributed by atoms with Crippen LogP contribution in [0.2, 0.25) is 0 Å². The van der Waals surface area contributed by atoms with Gasteiger partial charge in [-0.25, -0.2) is 0 Å². The summed E-state index contributed by atoms with van der Waals surface area (Å²) < 4.78 is 0. The maximum absolute atomic E-state index is 11.3. The average molecular weight is 779 g/mol. The lowest BCUT2D eigenvalue weighted by Crippen LogP contribution is -1.91. The van der Waals surface area contributed by atoms with Crippen molar-refractivity contribution in [2.24, 2.45) is 0 Å². The molecule has 60 heavy (non-hydrogen) atoms. The highest BCUT2D eigenvalue weighted by molar-refractivity contribution is 5.99. The van der Waals surface area contributed by atoms with Crippen molar-refractivity contribution in [2.75, 3.05) is 0 Å². The molecule has 0 radical (unpaired) electrons. The fourth-order valence-electron chi connectivity index (χ4n) is 7.18. The van der Waals surface area contributed by atoms with Crippen LogP contribution in [0.5, 0.6) is 0 Å². The van der Waals surface area contributed by atoms with Crippen LogP contribution in [-0.2, 0) is 0 Å². The minimum absolute atomic E-state index is 0.0654. The number of benzene rings is 8. The van der Waals surface area contributed by atoms with Gasteiger partial charge in [-0.3, -0.25) is 20.2 Å². The summed E-state index contributed by atoms with van der Waals surface area (Å²) >= 11 is 0. The molecule has 0 bridgehead atoms. The van der Waals surface area contributed by atoms with E-state index in [0.717, 1.165) is 77.6 Å². The van der Waals surface area contributed by atoms with Gasteiger partial charge in [0.15, 0.2) is 0 Å². The van der Waals surface area contributed by atoms with Crippen LogP contribution in [0.1, 0.15) is 55.6 Å². The van der Waals surface area contributed by atoms with Gasteiger partial charge in [-0.1, -0.05) is 170 Å². The maximum Gasteiger partial charge on any atom is 0.269 e. The first-order chi connectivity index (χ1) is 29.4. The summed E-state index contributed by atoms with van der Waals surface area (Å²) in [5.74, 6) is 0. The molecule has 0 aromatic heterocycles. The quantitative estimate of drug-likeness (QED) is 0.0702. The predicted molar refractivity (Wildman–Crippen MR) is 248 cm³/mol. The van der Waals surface area contributed by atoms with Crippen molar-refractivity contribution in [2.45, 2.75) is 0 Å². The van der Waals surface area contributed by atoms with Crippen LogP contribution in [0.25, 0.3) is 58.4 Å². The van der Waals surface area contributed by atoms with Crippen LogP contribution in [0.15, 0.2) is 194 Å². The van der Waals surface area contributed by atoms with Gasteiger partial charge in [0.1, 0.15) is 0 Å². The van der Waals surface area contributed by atoms with Crippen LogP contribution in [0.4, 0.5) is 11.4 Å². The van der Waals surface area contributed by atoms with E-state index >= 15 is 0 Å². The maximum atomic E-state index is 11.3. The molecule has 0 aliphatic rings. The van der Waals surface area contributed by atoms with Gasteiger partial charge in [0, 0.05) is 24.3 Å². The Kier molecular flexibility index (Phi) is 11.5. The Morgan fingerprint density at radius 3 is 1.00 bits per heavy atom. The van der Waals surface area contributed by atoms with E-state index in [1.165, 1.54) is 0 Å². The second-order valence-electron chi connectivity index (χ2n) is 14.2. The smallest absolute Gasteiger partial charge is 0.258 e. The zero-order valence-corrected chi connectivity index (χ0v) is 32.5. The molecule has 0 amide bonds. The third-order valence-electron chi connectivity index (χ3n) is 10.3. The highest BCUT2D eigenvalue weighted by Gasteiger charge is 2.11. The van der Waals surface area contributed by atoms with Crippen molar-refractivity contribution in [1.29, 1.82) is 0 Å². The van der Waals surface area contributed by atoms with Crippen LogP contribution in [0.3, 0.4) is 0 Å². The molecule has 0 aliphatic heterocycles. The largest absolute Gasteiger partial charge is 0.269 e. The summed E-state index contributed by atoms with van der Waals surface area (Å²) in [5.41, 5.74) is 12.4. The molecular weight excluding hydrogens is 741 g/mol. The lowest BCUT2D eigenvalue weighted by atomic mass is 9.95. The standard InChI is InChI=1S/C54H38N2O4/c57-55(58)49-33-29-47(30-34-49)53(43-9-3-1-4-10-43)37-41-19-15-39(16-20-41)23-25-45-27-28-46(52-14-8-7-13-51(45)52)26-24-40-17-21-42(22-18-40)38-54(44-11-5-2-6-12-44)48-31-35-50(36-32-48)56(59)60/h1-38H/b25-23+,26-24+,53-37+,54-38+.